The maximum atomic E-state index is 12.0. The molecule has 0 saturated carbocycles. The lowest BCUT2D eigenvalue weighted by atomic mass is 9.83. The van der Waals surface area contributed by atoms with Crippen LogP contribution in [0.4, 0.5) is 0 Å². The van der Waals surface area contributed by atoms with Gasteiger partial charge in [-0.2, -0.15) is 0 Å². The van der Waals surface area contributed by atoms with Crippen LogP contribution in [-0.4, -0.2) is 14.8 Å². The van der Waals surface area contributed by atoms with E-state index in [-0.39, 0.29) is 0 Å². The van der Waals surface area contributed by atoms with E-state index in [1.165, 1.54) is 0 Å². The number of aliphatic hydroxyl groups is 1. The third kappa shape index (κ3) is 3.10. The van der Waals surface area contributed by atoms with Gasteiger partial charge >= 0.3 is 0 Å². The summed E-state index contributed by atoms with van der Waals surface area (Å²) in [5.74, 6) is 0.296. The summed E-state index contributed by atoms with van der Waals surface area (Å²) in [6, 6.07) is 29.0. The average molecular weight is 369 g/mol. The van der Waals surface area contributed by atoms with Crippen molar-refractivity contribution in [3.8, 4) is 5.75 Å². The Morgan fingerprint density at radius 2 is 1.36 bits per heavy atom. The van der Waals surface area contributed by atoms with Gasteiger partial charge in [-0.1, -0.05) is 78.9 Å². The Morgan fingerprint density at radius 3 is 1.96 bits per heavy atom. The summed E-state index contributed by atoms with van der Waals surface area (Å²) in [5, 5.41) is 22.5. The Bertz CT molecular complexity index is 1030. The summed E-state index contributed by atoms with van der Waals surface area (Å²) in [6.45, 7) is 2.36. The molecular formula is C25H23NO2. The van der Waals surface area contributed by atoms with Crippen LogP contribution in [0.3, 0.4) is 0 Å². The summed E-state index contributed by atoms with van der Waals surface area (Å²) < 4.78 is 1.99. The first-order chi connectivity index (χ1) is 13.6. The Hall–Kier alpha value is -3.30. The van der Waals surface area contributed by atoms with Crippen molar-refractivity contribution in [1.29, 1.82) is 0 Å². The quantitative estimate of drug-likeness (QED) is 0.529. The molecule has 0 fully saturated rings. The van der Waals surface area contributed by atoms with Gasteiger partial charge in [0.1, 0.15) is 5.75 Å². The fourth-order valence-electron chi connectivity index (χ4n) is 3.73. The van der Waals surface area contributed by atoms with E-state index < -0.39 is 5.60 Å². The van der Waals surface area contributed by atoms with E-state index in [2.05, 4.69) is 0 Å². The van der Waals surface area contributed by atoms with Crippen LogP contribution in [0.5, 0.6) is 5.75 Å². The first-order valence-corrected chi connectivity index (χ1v) is 9.37. The fraction of sp³-hybridized carbons (Fsp3) is 0.120. The zero-order valence-corrected chi connectivity index (χ0v) is 15.8. The van der Waals surface area contributed by atoms with E-state index in [0.29, 0.717) is 12.3 Å². The highest BCUT2D eigenvalue weighted by Gasteiger charge is 2.36. The smallest absolute Gasteiger partial charge is 0.155 e. The molecule has 0 spiro atoms. The van der Waals surface area contributed by atoms with E-state index in [4.69, 9.17) is 0 Å². The number of benzene rings is 3. The molecule has 1 heterocycles. The molecule has 3 heteroatoms. The molecule has 0 amide bonds. The Labute approximate surface area is 165 Å². The van der Waals surface area contributed by atoms with E-state index in [9.17, 15) is 10.2 Å². The number of rotatable bonds is 5. The molecule has 2 N–H and O–H groups in total. The second-order valence-electron chi connectivity index (χ2n) is 7.05. The van der Waals surface area contributed by atoms with Crippen molar-refractivity contribution in [1.82, 2.24) is 4.57 Å². The lowest BCUT2D eigenvalue weighted by Crippen LogP contribution is -2.31. The lowest BCUT2D eigenvalue weighted by Gasteiger charge is -2.31. The highest BCUT2D eigenvalue weighted by molar-refractivity contribution is 5.46. The van der Waals surface area contributed by atoms with Gasteiger partial charge in [-0.05, 0) is 35.7 Å². The summed E-state index contributed by atoms with van der Waals surface area (Å²) in [6.07, 6.45) is 1.94. The maximum absolute atomic E-state index is 12.0. The molecule has 0 radical (unpaired) electrons. The molecule has 0 aliphatic heterocycles. The van der Waals surface area contributed by atoms with Gasteiger partial charge in [0, 0.05) is 11.8 Å². The molecule has 0 bridgehead atoms. The molecule has 4 rings (SSSR count). The summed E-state index contributed by atoms with van der Waals surface area (Å²) in [5.41, 5.74) is 2.72. The second-order valence-corrected chi connectivity index (χ2v) is 7.05. The fourth-order valence-corrected chi connectivity index (χ4v) is 3.73. The Kier molecular flexibility index (Phi) is 4.76. The summed E-state index contributed by atoms with van der Waals surface area (Å²) in [7, 11) is 0. The molecule has 0 saturated heterocycles. The van der Waals surface area contributed by atoms with Gasteiger partial charge in [-0.3, -0.25) is 0 Å². The van der Waals surface area contributed by atoms with Gasteiger partial charge in [-0.25, -0.2) is 0 Å². The highest BCUT2D eigenvalue weighted by atomic mass is 16.3. The van der Waals surface area contributed by atoms with E-state index in [1.807, 2.05) is 109 Å². The van der Waals surface area contributed by atoms with Crippen molar-refractivity contribution < 1.29 is 10.2 Å². The molecular weight excluding hydrogens is 346 g/mol. The van der Waals surface area contributed by atoms with Crippen LogP contribution in [0.25, 0.3) is 0 Å². The Morgan fingerprint density at radius 1 is 0.750 bits per heavy atom. The SMILES string of the molecule is Cc1cccc(Cn2cccc2C(O)(c2ccccc2)c2ccccc2)c1O. The third-order valence-electron chi connectivity index (χ3n) is 5.25. The van der Waals surface area contributed by atoms with E-state index >= 15 is 0 Å². The topological polar surface area (TPSA) is 45.4 Å². The number of phenols is 1. The van der Waals surface area contributed by atoms with Crippen LogP contribution in [0, 0.1) is 6.92 Å². The highest BCUT2D eigenvalue weighted by Crippen LogP contribution is 2.37. The number of hydrogen-bond acceptors (Lipinski definition) is 2. The van der Waals surface area contributed by atoms with Crippen molar-refractivity contribution in [3.05, 3.63) is 125 Å². The predicted octanol–water partition coefficient (Wildman–Crippen LogP) is 4.83. The molecule has 3 nitrogen and oxygen atoms in total. The van der Waals surface area contributed by atoms with Crippen molar-refractivity contribution in [2.24, 2.45) is 0 Å². The summed E-state index contributed by atoms with van der Waals surface area (Å²) >= 11 is 0. The first-order valence-electron chi connectivity index (χ1n) is 9.37. The minimum Gasteiger partial charge on any atom is -0.507 e. The molecule has 28 heavy (non-hydrogen) atoms. The van der Waals surface area contributed by atoms with Gasteiger partial charge in [-0.15, -0.1) is 0 Å². The molecule has 0 aliphatic rings. The minimum absolute atomic E-state index is 0.296. The van der Waals surface area contributed by atoms with E-state index in [0.717, 1.165) is 27.9 Å². The number of nitrogens with zero attached hydrogens (tertiary/aromatic N) is 1. The van der Waals surface area contributed by atoms with Gasteiger partial charge < -0.3 is 14.8 Å². The second kappa shape index (κ2) is 7.37. The number of aromatic hydroxyl groups is 1. The van der Waals surface area contributed by atoms with Crippen LogP contribution in [0.2, 0.25) is 0 Å². The summed E-state index contributed by atoms with van der Waals surface area (Å²) in [4.78, 5) is 0. The van der Waals surface area contributed by atoms with Gasteiger partial charge in [0.05, 0.1) is 12.2 Å². The molecule has 0 atom stereocenters. The van der Waals surface area contributed by atoms with Gasteiger partial charge in [0.2, 0.25) is 0 Å². The monoisotopic (exact) mass is 369 g/mol. The van der Waals surface area contributed by atoms with E-state index in [1.54, 1.807) is 0 Å². The lowest BCUT2D eigenvalue weighted by molar-refractivity contribution is 0.117. The van der Waals surface area contributed by atoms with Crippen molar-refractivity contribution in [2.75, 3.05) is 0 Å². The van der Waals surface area contributed by atoms with Crippen LogP contribution < -0.4 is 0 Å². The number of para-hydroxylation sites is 1. The number of phenolic OH excluding ortho intramolecular Hbond substituents is 1. The van der Waals surface area contributed by atoms with Gasteiger partial charge in [0.25, 0.3) is 0 Å². The van der Waals surface area contributed by atoms with Crippen LogP contribution in [0.15, 0.2) is 97.2 Å². The first kappa shape index (κ1) is 18.1. The number of aryl methyl sites for hydroxylation is 1. The zero-order chi connectivity index (χ0) is 19.6. The van der Waals surface area contributed by atoms with Crippen LogP contribution >= 0.6 is 0 Å². The molecule has 3 aromatic carbocycles. The predicted molar refractivity (Wildman–Crippen MR) is 111 cm³/mol. The largest absolute Gasteiger partial charge is 0.507 e. The minimum atomic E-state index is -1.30. The molecule has 0 aliphatic carbocycles. The molecule has 4 aromatic rings. The molecule has 140 valence electrons. The zero-order valence-electron chi connectivity index (χ0n) is 15.8. The standard InChI is InChI=1S/C25H23NO2/c1-19-10-8-11-20(24(19)27)18-26-17-9-16-23(26)25(28,21-12-4-2-5-13-21)22-14-6-3-7-15-22/h2-17,27-28H,18H2,1H3. The van der Waals surface area contributed by atoms with Crippen LogP contribution in [-0.2, 0) is 12.1 Å². The van der Waals surface area contributed by atoms with Crippen molar-refractivity contribution >= 4 is 0 Å². The average Bonchev–Trinajstić information content (AvgIpc) is 3.21. The van der Waals surface area contributed by atoms with Crippen molar-refractivity contribution in [3.63, 3.8) is 0 Å². The molecule has 0 unspecified atom stereocenters. The molecule has 1 aromatic heterocycles. The van der Waals surface area contributed by atoms with Crippen molar-refractivity contribution in [2.45, 2.75) is 19.1 Å². The normalized spacial score (nSPS) is 11.5. The maximum Gasteiger partial charge on any atom is 0.155 e. The number of hydrogen-bond donors (Lipinski definition) is 2. The van der Waals surface area contributed by atoms with Crippen LogP contribution in [0.1, 0.15) is 27.9 Å². The third-order valence-corrected chi connectivity index (χ3v) is 5.25. The van der Waals surface area contributed by atoms with Gasteiger partial charge in [0.15, 0.2) is 5.60 Å². The number of aromatic nitrogens is 1. The Balaban J connectivity index is 1.86.